The molecule has 0 saturated carbocycles. The van der Waals surface area contributed by atoms with Gasteiger partial charge < -0.3 is 10.1 Å². The van der Waals surface area contributed by atoms with E-state index in [1.54, 1.807) is 0 Å². The number of amides is 1. The van der Waals surface area contributed by atoms with Gasteiger partial charge in [0.05, 0.1) is 12.2 Å². The summed E-state index contributed by atoms with van der Waals surface area (Å²) in [5.41, 5.74) is 1.91. The van der Waals surface area contributed by atoms with Gasteiger partial charge in [-0.2, -0.15) is 0 Å². The SMILES string of the molecule is O=C(CN1CCN(C/C=C/c2ccccc2)CC1)Nc1ccccc1Oc1ccccc1. The van der Waals surface area contributed by atoms with Crippen molar-refractivity contribution in [3.63, 3.8) is 0 Å². The number of anilines is 1. The fourth-order valence-electron chi connectivity index (χ4n) is 3.70. The topological polar surface area (TPSA) is 44.8 Å². The number of rotatable bonds is 8. The highest BCUT2D eigenvalue weighted by atomic mass is 16.5. The monoisotopic (exact) mass is 427 g/mol. The number of carbonyl (C=O) groups is 1. The van der Waals surface area contributed by atoms with Crippen molar-refractivity contribution in [2.75, 3.05) is 44.6 Å². The molecule has 3 aromatic rings. The van der Waals surface area contributed by atoms with Crippen LogP contribution in [-0.4, -0.2) is 55.0 Å². The maximum Gasteiger partial charge on any atom is 0.238 e. The number of nitrogens with zero attached hydrogens (tertiary/aromatic N) is 2. The Morgan fingerprint density at radius 1 is 0.812 bits per heavy atom. The second-order valence-electron chi connectivity index (χ2n) is 7.85. The lowest BCUT2D eigenvalue weighted by atomic mass is 10.2. The number of nitrogens with one attached hydrogen (secondary N) is 1. The second kappa shape index (κ2) is 11.3. The molecule has 1 fully saturated rings. The van der Waals surface area contributed by atoms with Gasteiger partial charge in [-0.3, -0.25) is 14.6 Å². The summed E-state index contributed by atoms with van der Waals surface area (Å²) < 4.78 is 5.94. The minimum Gasteiger partial charge on any atom is -0.455 e. The summed E-state index contributed by atoms with van der Waals surface area (Å²) in [7, 11) is 0. The Morgan fingerprint density at radius 3 is 2.19 bits per heavy atom. The number of ether oxygens (including phenoxy) is 1. The van der Waals surface area contributed by atoms with Crippen LogP contribution in [0.4, 0.5) is 5.69 Å². The van der Waals surface area contributed by atoms with Crippen molar-refractivity contribution in [3.05, 3.63) is 96.6 Å². The van der Waals surface area contributed by atoms with Gasteiger partial charge >= 0.3 is 0 Å². The highest BCUT2D eigenvalue weighted by Gasteiger charge is 2.19. The maximum atomic E-state index is 12.7. The lowest BCUT2D eigenvalue weighted by Crippen LogP contribution is -2.48. The van der Waals surface area contributed by atoms with Crippen molar-refractivity contribution >= 4 is 17.7 Å². The van der Waals surface area contributed by atoms with Crippen LogP contribution in [0.5, 0.6) is 11.5 Å². The standard InChI is InChI=1S/C27H29N3O2/c31-27(28-25-15-7-8-16-26(25)32-24-13-5-2-6-14-24)22-30-20-18-29(19-21-30)17-9-12-23-10-3-1-4-11-23/h1-16H,17-22H2,(H,28,31)/b12-9+. The zero-order valence-corrected chi connectivity index (χ0v) is 18.2. The Bertz CT molecular complexity index is 1010. The van der Waals surface area contributed by atoms with Crippen LogP contribution in [0.25, 0.3) is 6.08 Å². The van der Waals surface area contributed by atoms with E-state index in [0.29, 0.717) is 18.0 Å². The van der Waals surface area contributed by atoms with Gasteiger partial charge in [0.25, 0.3) is 0 Å². The van der Waals surface area contributed by atoms with E-state index in [0.717, 1.165) is 38.5 Å². The number of benzene rings is 3. The minimum absolute atomic E-state index is 0.0217. The van der Waals surface area contributed by atoms with Crippen molar-refractivity contribution in [2.24, 2.45) is 0 Å². The molecule has 1 saturated heterocycles. The summed E-state index contributed by atoms with van der Waals surface area (Å²) in [4.78, 5) is 17.3. The van der Waals surface area contributed by atoms with Crippen LogP contribution in [0.15, 0.2) is 91.0 Å². The first kappa shape index (κ1) is 21.8. The largest absolute Gasteiger partial charge is 0.455 e. The van der Waals surface area contributed by atoms with Gasteiger partial charge in [0, 0.05) is 32.7 Å². The Morgan fingerprint density at radius 2 is 1.44 bits per heavy atom. The van der Waals surface area contributed by atoms with Crippen LogP contribution in [0.1, 0.15) is 5.56 Å². The minimum atomic E-state index is -0.0217. The van der Waals surface area contributed by atoms with Crippen LogP contribution in [-0.2, 0) is 4.79 Å². The summed E-state index contributed by atoms with van der Waals surface area (Å²) in [6, 6.07) is 27.5. The molecule has 0 aliphatic carbocycles. The molecule has 3 aromatic carbocycles. The number of piperazine rings is 1. The van der Waals surface area contributed by atoms with Gasteiger partial charge in [-0.1, -0.05) is 72.8 Å². The molecule has 0 aromatic heterocycles. The molecule has 1 aliphatic heterocycles. The first-order valence-electron chi connectivity index (χ1n) is 11.0. The number of hydrogen-bond donors (Lipinski definition) is 1. The van der Waals surface area contributed by atoms with Crippen LogP contribution in [0.3, 0.4) is 0 Å². The summed E-state index contributed by atoms with van der Waals surface area (Å²) >= 11 is 0. The van der Waals surface area contributed by atoms with Crippen molar-refractivity contribution in [1.29, 1.82) is 0 Å². The van der Waals surface area contributed by atoms with Crippen molar-refractivity contribution in [2.45, 2.75) is 0 Å². The van der Waals surface area contributed by atoms with E-state index in [-0.39, 0.29) is 5.91 Å². The van der Waals surface area contributed by atoms with Crippen molar-refractivity contribution < 1.29 is 9.53 Å². The second-order valence-corrected chi connectivity index (χ2v) is 7.85. The van der Waals surface area contributed by atoms with E-state index < -0.39 is 0 Å². The van der Waals surface area contributed by atoms with Gasteiger partial charge in [-0.15, -0.1) is 0 Å². The Balaban J connectivity index is 1.23. The van der Waals surface area contributed by atoms with Crippen LogP contribution in [0, 0.1) is 0 Å². The van der Waals surface area contributed by atoms with E-state index in [1.807, 2.05) is 60.7 Å². The van der Waals surface area contributed by atoms with Gasteiger partial charge in [0.2, 0.25) is 5.91 Å². The predicted molar refractivity (Wildman–Crippen MR) is 130 cm³/mol. The highest BCUT2D eigenvalue weighted by Crippen LogP contribution is 2.29. The predicted octanol–water partition coefficient (Wildman–Crippen LogP) is 4.75. The Hall–Kier alpha value is -3.41. The molecule has 0 spiro atoms. The molecule has 0 atom stereocenters. The van der Waals surface area contributed by atoms with E-state index in [9.17, 15) is 4.79 Å². The van der Waals surface area contributed by atoms with Gasteiger partial charge in [-0.05, 0) is 29.8 Å². The van der Waals surface area contributed by atoms with Crippen molar-refractivity contribution in [3.8, 4) is 11.5 Å². The third kappa shape index (κ3) is 6.54. The zero-order chi connectivity index (χ0) is 22.0. The molecule has 4 rings (SSSR count). The number of hydrogen-bond acceptors (Lipinski definition) is 4. The van der Waals surface area contributed by atoms with E-state index >= 15 is 0 Å². The summed E-state index contributed by atoms with van der Waals surface area (Å²) in [6.45, 7) is 5.00. The average Bonchev–Trinajstić information content (AvgIpc) is 2.83. The average molecular weight is 428 g/mol. The van der Waals surface area contributed by atoms with Gasteiger partial charge in [-0.25, -0.2) is 0 Å². The quantitative estimate of drug-likeness (QED) is 0.564. The third-order valence-corrected chi connectivity index (χ3v) is 5.44. The lowest BCUT2D eigenvalue weighted by Gasteiger charge is -2.33. The summed E-state index contributed by atoms with van der Waals surface area (Å²) in [6.07, 6.45) is 4.37. The lowest BCUT2D eigenvalue weighted by molar-refractivity contribution is -0.117. The molecular weight excluding hydrogens is 398 g/mol. The number of carbonyl (C=O) groups excluding carboxylic acids is 1. The summed E-state index contributed by atoms with van der Waals surface area (Å²) in [5.74, 6) is 1.36. The molecular formula is C27H29N3O2. The molecule has 1 aliphatic rings. The van der Waals surface area contributed by atoms with Crippen molar-refractivity contribution in [1.82, 2.24) is 9.80 Å². The first-order valence-corrected chi connectivity index (χ1v) is 11.0. The molecule has 32 heavy (non-hydrogen) atoms. The normalized spacial score (nSPS) is 15.0. The Kier molecular flexibility index (Phi) is 7.69. The van der Waals surface area contributed by atoms with Gasteiger partial charge in [0.1, 0.15) is 5.75 Å². The molecule has 0 bridgehead atoms. The number of para-hydroxylation sites is 3. The molecule has 5 nitrogen and oxygen atoms in total. The maximum absolute atomic E-state index is 12.7. The highest BCUT2D eigenvalue weighted by molar-refractivity contribution is 5.93. The molecule has 5 heteroatoms. The Labute approximate surface area is 189 Å². The molecule has 0 unspecified atom stereocenters. The van der Waals surface area contributed by atoms with E-state index in [2.05, 4.69) is 51.5 Å². The molecule has 1 amide bonds. The smallest absolute Gasteiger partial charge is 0.238 e. The zero-order valence-electron chi connectivity index (χ0n) is 18.2. The molecule has 0 radical (unpaired) electrons. The first-order chi connectivity index (χ1) is 15.8. The fourth-order valence-corrected chi connectivity index (χ4v) is 3.70. The van der Waals surface area contributed by atoms with E-state index in [4.69, 9.17) is 4.74 Å². The van der Waals surface area contributed by atoms with Crippen LogP contribution >= 0.6 is 0 Å². The van der Waals surface area contributed by atoms with Gasteiger partial charge in [0.15, 0.2) is 5.75 Å². The van der Waals surface area contributed by atoms with E-state index in [1.165, 1.54) is 5.56 Å². The van der Waals surface area contributed by atoms with Crippen LogP contribution < -0.4 is 10.1 Å². The molecule has 1 N–H and O–H groups in total. The fraction of sp³-hybridized carbons (Fsp3) is 0.222. The van der Waals surface area contributed by atoms with Crippen LogP contribution in [0.2, 0.25) is 0 Å². The molecule has 164 valence electrons. The molecule has 1 heterocycles. The third-order valence-electron chi connectivity index (χ3n) is 5.44. The summed E-state index contributed by atoms with van der Waals surface area (Å²) in [5, 5.41) is 3.01.